The molecule has 0 bridgehead atoms. The summed E-state index contributed by atoms with van der Waals surface area (Å²) >= 11 is 12.2. The zero-order chi connectivity index (χ0) is 16.1. The second-order valence-corrected chi connectivity index (χ2v) is 5.57. The molecule has 0 aliphatic heterocycles. The smallest absolute Gasteiger partial charge is 0.310 e. The van der Waals surface area contributed by atoms with E-state index >= 15 is 0 Å². The number of esters is 1. The third-order valence-corrected chi connectivity index (χ3v) is 3.78. The minimum absolute atomic E-state index is 0.228. The van der Waals surface area contributed by atoms with Crippen molar-refractivity contribution in [2.75, 3.05) is 0 Å². The van der Waals surface area contributed by atoms with Gasteiger partial charge in [0, 0.05) is 23.1 Å². The van der Waals surface area contributed by atoms with Crippen molar-refractivity contribution in [1.29, 1.82) is 0 Å². The predicted molar refractivity (Wildman–Crippen MR) is 87.9 cm³/mol. The summed E-state index contributed by atoms with van der Waals surface area (Å²) in [4.78, 5) is 11.4. The van der Waals surface area contributed by atoms with Crippen LogP contribution in [-0.2, 0) is 11.4 Å². The van der Waals surface area contributed by atoms with E-state index < -0.39 is 0 Å². The van der Waals surface area contributed by atoms with Crippen molar-refractivity contribution in [3.8, 4) is 11.5 Å². The first-order chi connectivity index (χ1) is 10.5. The number of hydrogen-bond acceptors (Lipinski definition) is 3. The first-order valence-electron chi connectivity index (χ1n) is 6.88. The van der Waals surface area contributed by atoms with Gasteiger partial charge in [-0.15, -0.1) is 0 Å². The van der Waals surface area contributed by atoms with E-state index in [1.54, 1.807) is 31.2 Å². The second-order valence-electron chi connectivity index (χ2n) is 4.76. The van der Waals surface area contributed by atoms with E-state index in [4.69, 9.17) is 32.7 Å². The fraction of sp³-hybridized carbons (Fsp3) is 0.235. The lowest BCUT2D eigenvalue weighted by molar-refractivity contribution is -0.134. The molecule has 116 valence electrons. The first kappa shape index (κ1) is 16.7. The number of ether oxygens (including phenoxy) is 2. The van der Waals surface area contributed by atoms with Crippen molar-refractivity contribution in [3.63, 3.8) is 0 Å². The van der Waals surface area contributed by atoms with E-state index in [9.17, 15) is 4.79 Å². The van der Waals surface area contributed by atoms with Crippen molar-refractivity contribution in [2.24, 2.45) is 0 Å². The molecule has 0 N–H and O–H groups in total. The summed E-state index contributed by atoms with van der Waals surface area (Å²) in [6.45, 7) is 3.85. The topological polar surface area (TPSA) is 35.5 Å². The molecule has 0 radical (unpaired) electrons. The maximum Gasteiger partial charge on any atom is 0.310 e. The van der Waals surface area contributed by atoms with Gasteiger partial charge < -0.3 is 9.47 Å². The summed E-state index contributed by atoms with van der Waals surface area (Å²) in [5.74, 6) is 0.696. The van der Waals surface area contributed by atoms with Crippen LogP contribution < -0.4 is 9.47 Å². The van der Waals surface area contributed by atoms with Crippen molar-refractivity contribution >= 4 is 29.2 Å². The Labute approximate surface area is 139 Å². The zero-order valence-corrected chi connectivity index (χ0v) is 13.9. The van der Waals surface area contributed by atoms with E-state index in [-0.39, 0.29) is 12.6 Å². The Morgan fingerprint density at radius 2 is 1.82 bits per heavy atom. The first-order valence-corrected chi connectivity index (χ1v) is 7.64. The quantitative estimate of drug-likeness (QED) is 0.555. The Morgan fingerprint density at radius 3 is 2.55 bits per heavy atom. The number of hydrogen-bond donors (Lipinski definition) is 0. The van der Waals surface area contributed by atoms with Crippen LogP contribution >= 0.6 is 23.2 Å². The fourth-order valence-electron chi connectivity index (χ4n) is 1.81. The molecule has 3 nitrogen and oxygen atoms in total. The van der Waals surface area contributed by atoms with Crippen LogP contribution in [0.15, 0.2) is 36.4 Å². The average molecular weight is 339 g/mol. The number of para-hydroxylation sites is 1. The molecule has 2 aromatic rings. The molecule has 0 amide bonds. The van der Waals surface area contributed by atoms with Gasteiger partial charge in [0.25, 0.3) is 0 Å². The maximum atomic E-state index is 11.4. The molecule has 0 heterocycles. The Morgan fingerprint density at radius 1 is 1.09 bits per heavy atom. The summed E-state index contributed by atoms with van der Waals surface area (Å²) in [7, 11) is 0. The van der Waals surface area contributed by atoms with Crippen molar-refractivity contribution in [1.82, 2.24) is 0 Å². The van der Waals surface area contributed by atoms with E-state index in [0.717, 1.165) is 11.1 Å². The van der Waals surface area contributed by atoms with E-state index in [2.05, 4.69) is 0 Å². The van der Waals surface area contributed by atoms with Gasteiger partial charge in [-0.1, -0.05) is 48.3 Å². The van der Waals surface area contributed by atoms with Gasteiger partial charge in [0.2, 0.25) is 0 Å². The van der Waals surface area contributed by atoms with Gasteiger partial charge in [0.15, 0.2) is 0 Å². The summed E-state index contributed by atoms with van der Waals surface area (Å²) in [6, 6.07) is 10.7. The monoisotopic (exact) mass is 338 g/mol. The average Bonchev–Trinajstić information content (AvgIpc) is 2.50. The highest BCUT2D eigenvalue weighted by atomic mass is 35.5. The summed E-state index contributed by atoms with van der Waals surface area (Å²) in [5, 5.41) is 1.08. The Balaban J connectivity index is 2.15. The largest absolute Gasteiger partial charge is 0.487 e. The van der Waals surface area contributed by atoms with Gasteiger partial charge in [0.1, 0.15) is 18.1 Å². The summed E-state index contributed by atoms with van der Waals surface area (Å²) < 4.78 is 11.0. The summed E-state index contributed by atoms with van der Waals surface area (Å²) in [6.07, 6.45) is 0.314. The Bertz CT molecular complexity index is 684. The number of aryl methyl sites for hydroxylation is 1. The van der Waals surface area contributed by atoms with Crippen LogP contribution in [0.5, 0.6) is 11.5 Å². The molecule has 0 aliphatic rings. The van der Waals surface area contributed by atoms with E-state index in [1.165, 1.54) is 0 Å². The minimum atomic E-state index is -0.288. The van der Waals surface area contributed by atoms with Crippen LogP contribution in [0, 0.1) is 6.92 Å². The molecule has 0 saturated carbocycles. The van der Waals surface area contributed by atoms with Crippen LogP contribution in [0.3, 0.4) is 0 Å². The fourth-order valence-corrected chi connectivity index (χ4v) is 2.24. The molecular weight excluding hydrogens is 323 g/mol. The molecular formula is C17H16Cl2O3. The van der Waals surface area contributed by atoms with Crippen LogP contribution in [0.4, 0.5) is 0 Å². The highest BCUT2D eigenvalue weighted by Gasteiger charge is 2.10. The lowest BCUT2D eigenvalue weighted by Crippen LogP contribution is -2.08. The van der Waals surface area contributed by atoms with Crippen molar-refractivity contribution < 1.29 is 14.3 Å². The van der Waals surface area contributed by atoms with Gasteiger partial charge in [-0.05, 0) is 24.6 Å². The van der Waals surface area contributed by atoms with E-state index in [0.29, 0.717) is 28.0 Å². The van der Waals surface area contributed by atoms with Crippen molar-refractivity contribution in [3.05, 3.63) is 57.6 Å². The minimum Gasteiger partial charge on any atom is -0.487 e. The van der Waals surface area contributed by atoms with Gasteiger partial charge in [0.05, 0.1) is 5.02 Å². The summed E-state index contributed by atoms with van der Waals surface area (Å²) in [5.41, 5.74) is 1.65. The number of halogens is 2. The molecule has 0 aliphatic carbocycles. The van der Waals surface area contributed by atoms with Gasteiger partial charge in [-0.25, -0.2) is 0 Å². The third-order valence-electron chi connectivity index (χ3n) is 3.08. The van der Waals surface area contributed by atoms with Gasteiger partial charge in [-0.3, -0.25) is 4.79 Å². The highest BCUT2D eigenvalue weighted by Crippen LogP contribution is 2.32. The predicted octanol–water partition coefficient (Wildman–Crippen LogP) is 5.20. The molecule has 5 heteroatoms. The number of carbonyl (C=O) groups is 1. The Hall–Kier alpha value is -1.71. The molecule has 0 unspecified atom stereocenters. The SMILES string of the molecule is CCC(=O)Oc1ccccc1COc1cc(Cl)c(C)cc1Cl. The number of benzene rings is 2. The lowest BCUT2D eigenvalue weighted by Gasteiger charge is -2.12. The lowest BCUT2D eigenvalue weighted by atomic mass is 10.2. The van der Waals surface area contributed by atoms with Crippen molar-refractivity contribution in [2.45, 2.75) is 26.9 Å². The molecule has 22 heavy (non-hydrogen) atoms. The molecule has 0 saturated heterocycles. The third kappa shape index (κ3) is 4.15. The maximum absolute atomic E-state index is 11.4. The van der Waals surface area contributed by atoms with Gasteiger partial charge in [-0.2, -0.15) is 0 Å². The van der Waals surface area contributed by atoms with Crippen LogP contribution in [0.2, 0.25) is 10.0 Å². The molecule has 0 spiro atoms. The molecule has 0 aromatic heterocycles. The zero-order valence-electron chi connectivity index (χ0n) is 12.4. The second kappa shape index (κ2) is 7.52. The standard InChI is InChI=1S/C17H16Cl2O3/c1-3-17(20)22-15-7-5-4-6-12(15)10-21-16-9-13(18)11(2)8-14(16)19/h4-9H,3,10H2,1-2H3. The number of carbonyl (C=O) groups excluding carboxylic acids is 1. The molecule has 0 fully saturated rings. The highest BCUT2D eigenvalue weighted by molar-refractivity contribution is 6.34. The van der Waals surface area contributed by atoms with Crippen LogP contribution in [0.1, 0.15) is 24.5 Å². The van der Waals surface area contributed by atoms with E-state index in [1.807, 2.05) is 19.1 Å². The molecule has 2 aromatic carbocycles. The number of rotatable bonds is 5. The van der Waals surface area contributed by atoms with Gasteiger partial charge >= 0.3 is 5.97 Å². The van der Waals surface area contributed by atoms with Crippen LogP contribution in [0.25, 0.3) is 0 Å². The molecule has 0 atom stereocenters. The van der Waals surface area contributed by atoms with Crippen LogP contribution in [-0.4, -0.2) is 5.97 Å². The molecule has 2 rings (SSSR count). The normalized spacial score (nSPS) is 10.4. The Kier molecular flexibility index (Phi) is 5.69.